The zero-order valence-corrected chi connectivity index (χ0v) is 84.4. The highest BCUT2D eigenvalue weighted by atomic mass is 127. The molecule has 0 fully saturated rings. The summed E-state index contributed by atoms with van der Waals surface area (Å²) < 4.78 is 24.4. The van der Waals surface area contributed by atoms with Crippen LogP contribution in [0.3, 0.4) is 0 Å². The molecule has 2 aliphatic heterocycles. The summed E-state index contributed by atoms with van der Waals surface area (Å²) in [6.45, 7) is 15.8. The van der Waals surface area contributed by atoms with Gasteiger partial charge < -0.3 is 41.0 Å². The lowest BCUT2D eigenvalue weighted by atomic mass is 10.0. The van der Waals surface area contributed by atoms with Gasteiger partial charge in [0.05, 0.1) is 63.6 Å². The summed E-state index contributed by atoms with van der Waals surface area (Å²) in [4.78, 5) is 146. The molecule has 1 atom stereocenters. The van der Waals surface area contributed by atoms with E-state index in [2.05, 4.69) is 152 Å². The van der Waals surface area contributed by atoms with E-state index in [-0.39, 0.29) is 98.8 Å². The molecule has 676 valence electrons. The molecule has 0 spiro atoms. The second kappa shape index (κ2) is 51.4. The van der Waals surface area contributed by atoms with Gasteiger partial charge in [-0.25, -0.2) is 34.3 Å². The third kappa shape index (κ3) is 39.5. The number of esters is 1. The molecule has 0 saturated carbocycles. The van der Waals surface area contributed by atoms with E-state index in [1.54, 1.807) is 135 Å². The molecule has 4 aromatic heterocycles. The van der Waals surface area contributed by atoms with E-state index in [1.807, 2.05) is 48.5 Å². The summed E-state index contributed by atoms with van der Waals surface area (Å²) in [5.41, 5.74) is 17.9. The number of aliphatic imine (C=N–C) groups is 1. The molecular weight excluding hydrogens is 2250 g/mol. The van der Waals surface area contributed by atoms with Crippen LogP contribution < -0.4 is 38.1 Å². The number of benzene rings is 6. The number of nitrogens with zero attached hydrogens (tertiary/aromatic N) is 7. The summed E-state index contributed by atoms with van der Waals surface area (Å²) in [6, 6.07) is 43.8. The van der Waals surface area contributed by atoms with E-state index in [4.69, 9.17) is 72.1 Å². The van der Waals surface area contributed by atoms with Gasteiger partial charge in [-0.15, -0.1) is 24.0 Å². The second-order valence-corrected chi connectivity index (χ2v) is 36.7. The van der Waals surface area contributed by atoms with Crippen molar-refractivity contribution in [3.05, 3.63) is 284 Å². The second-order valence-electron chi connectivity index (χ2n) is 29.7. The molecule has 6 aromatic carbocycles. The van der Waals surface area contributed by atoms with Crippen LogP contribution in [-0.2, 0) is 51.0 Å². The first-order chi connectivity index (χ1) is 59.5. The number of ketones is 4. The van der Waals surface area contributed by atoms with Gasteiger partial charge in [0, 0.05) is 112 Å². The topological polar surface area (TPSA) is 453 Å². The van der Waals surface area contributed by atoms with Crippen LogP contribution in [0, 0.1) is 20.2 Å². The lowest BCUT2D eigenvalue weighted by Crippen LogP contribution is -2.27. The quantitative estimate of drug-likeness (QED) is 0.00612. The van der Waals surface area contributed by atoms with Gasteiger partial charge in [0.25, 0.3) is 11.4 Å². The first kappa shape index (κ1) is 109. The van der Waals surface area contributed by atoms with E-state index in [0.717, 1.165) is 52.8 Å². The van der Waals surface area contributed by atoms with Gasteiger partial charge in [-0.05, 0) is 225 Å². The normalized spacial score (nSPS) is 12.2. The number of carbonyl (C=O) groups is 9. The highest BCUT2D eigenvalue weighted by molar-refractivity contribution is 14.0. The minimum Gasteiger partial charge on any atom is -0.469 e. The number of hydrogen-bond donors (Lipinski definition) is 7. The minimum atomic E-state index is -0.729. The standard InChI is InChI=1S/C19H19BrClN3O4.C15H12BrClN2O.C15H10BrClN2O.C11H13BrN2O4.C11H15BrN2O2.C9H8ClNO3.C6H5BrN2O2.HI/c1-19(2,3)28-18(27)24-13-6-5-12(20)8-14(13)23-17(26)9-15(25)11-4-7-16(21)22-10-11;2*16-11-1-2-13-10(5-11)6-12(20)8-14(19-13)9-3-4-18-15(17)7-9;1-11(2,3)18-10(15)13-8-5-4-7(12)6-9(8)14(16)17;1-11(2,3)16-10(15)14-9-5-4-7(12)6-8(9)13;1-14-9(13)5-7(12)6-2-3-11-8(10)4-6;7-4-1-2-5(8)6(3-4)9(10)11;/h4-8,10H,9H2,1-3H3,(H,23,26)(H,24,27);1-5,7,14,19H,6,8H2;1-5,7H,6,8H2;4-6H,1-3H3,(H,13,15);4-6H,13H2,1-3H3,(H,14,15);2-4H,5H2,1H3;1-3H,8H2;1H. The van der Waals surface area contributed by atoms with Crippen LogP contribution in [0.25, 0.3) is 0 Å². The van der Waals surface area contributed by atoms with Crippen molar-refractivity contribution in [2.24, 2.45) is 4.99 Å². The number of halogens is 11. The third-order valence-electron chi connectivity index (χ3n) is 16.0. The van der Waals surface area contributed by atoms with Gasteiger partial charge in [0.2, 0.25) is 5.91 Å². The number of methoxy groups -OCH3 is 1. The Balaban J connectivity index is 0.000000269. The number of nitrogens with two attached hydrogens (primary N) is 2. The molecule has 0 radical (unpaired) electrons. The number of anilines is 7. The zero-order chi connectivity index (χ0) is 94.4. The highest BCUT2D eigenvalue weighted by Crippen LogP contribution is 2.36. The molecule has 9 N–H and O–H groups in total. The molecule has 4 amide bonds. The maximum Gasteiger partial charge on any atom is 0.412 e. The Labute approximate surface area is 823 Å². The maximum absolute atomic E-state index is 12.3. The third-order valence-corrected chi connectivity index (χ3v) is 19.8. The Hall–Kier alpha value is -10.0. The Morgan fingerprint density at radius 3 is 1.49 bits per heavy atom. The molecular formula is C86H83Br6Cl4IN14O17. The largest absolute Gasteiger partial charge is 0.469 e. The monoisotopic (exact) mass is 2320 g/mol. The number of fused-ring (bicyclic) bond motifs is 2. The number of Topliss-reactive ketones (excluding diaryl/α,β-unsaturated/α-hetero) is 4. The Morgan fingerprint density at radius 1 is 0.477 bits per heavy atom. The van der Waals surface area contributed by atoms with Crippen LogP contribution >= 0.6 is 166 Å². The summed E-state index contributed by atoms with van der Waals surface area (Å²) in [5.74, 6) is -1.48. The molecule has 10 aromatic rings. The highest BCUT2D eigenvalue weighted by Gasteiger charge is 2.27. The molecule has 31 nitrogen and oxygen atoms in total. The number of pyridine rings is 4. The number of nitrogens with one attached hydrogen (secondary N) is 5. The van der Waals surface area contributed by atoms with E-state index in [9.17, 15) is 63.4 Å². The average Bonchev–Trinajstić information content (AvgIpc) is 1.70. The molecule has 6 heterocycles. The van der Waals surface area contributed by atoms with Crippen molar-refractivity contribution in [3.63, 3.8) is 0 Å². The number of nitro benzene ring substituents is 2. The number of rotatable bonds is 14. The van der Waals surface area contributed by atoms with Crippen molar-refractivity contribution in [1.82, 2.24) is 19.9 Å². The van der Waals surface area contributed by atoms with Crippen LogP contribution in [0.4, 0.5) is 71.3 Å². The van der Waals surface area contributed by atoms with Crippen molar-refractivity contribution >= 4 is 282 Å². The number of carbonyl (C=O) groups excluding carboxylic acids is 9. The summed E-state index contributed by atoms with van der Waals surface area (Å²) in [5, 5.41) is 36.0. The van der Waals surface area contributed by atoms with Crippen molar-refractivity contribution < 1.29 is 71.9 Å². The molecule has 42 heteroatoms. The Morgan fingerprint density at radius 2 is 0.953 bits per heavy atom. The number of amides is 4. The van der Waals surface area contributed by atoms with E-state index < -0.39 is 62.6 Å². The zero-order valence-electron chi connectivity index (χ0n) is 69.6. The Kier molecular flexibility index (Phi) is 43.6. The fraction of sp³-hybridized carbons (Fsp3) is 0.233. The molecule has 128 heavy (non-hydrogen) atoms. The van der Waals surface area contributed by atoms with Crippen molar-refractivity contribution in [2.45, 2.75) is 124 Å². The van der Waals surface area contributed by atoms with E-state index >= 15 is 0 Å². The number of hydrogen-bond acceptors (Lipinski definition) is 25. The predicted molar refractivity (Wildman–Crippen MR) is 527 cm³/mol. The van der Waals surface area contributed by atoms with Gasteiger partial charge in [-0.1, -0.05) is 142 Å². The molecule has 0 aliphatic carbocycles. The lowest BCUT2D eigenvalue weighted by Gasteiger charge is -2.20. The van der Waals surface area contributed by atoms with Gasteiger partial charge in [0.15, 0.2) is 11.6 Å². The summed E-state index contributed by atoms with van der Waals surface area (Å²) in [6.07, 6.45) is 5.06. The van der Waals surface area contributed by atoms with Crippen LogP contribution in [0.1, 0.15) is 137 Å². The smallest absolute Gasteiger partial charge is 0.412 e. The number of ether oxygens (including phenoxy) is 4. The molecule has 2 aliphatic rings. The van der Waals surface area contributed by atoms with Gasteiger partial charge in [-0.3, -0.25) is 69.9 Å². The van der Waals surface area contributed by atoms with Gasteiger partial charge >= 0.3 is 24.2 Å². The minimum absolute atomic E-state index is 0. The fourth-order valence-corrected chi connectivity index (χ4v) is 13.5. The SMILES string of the molecule is CC(C)(C)OC(=O)Nc1ccc(Br)cc1N.CC(C)(C)OC(=O)Nc1ccc(Br)cc1NC(=O)CC(=O)c1ccc(Cl)nc1.CC(C)(C)OC(=O)Nc1ccc(Br)cc1[N+](=O)[O-].COC(=O)CC(=O)c1ccnc(Cl)c1.I.Nc1ccc(Br)cc1[N+](=O)[O-].O=C1CC(c2ccnc(Cl)c2)=Nc2ccc(Br)cc2C1.O=C1Cc2cc(Br)ccc2NC(c2ccnc(Cl)c2)C1. The van der Waals surface area contributed by atoms with Crippen molar-refractivity contribution in [2.75, 3.05) is 45.2 Å². The summed E-state index contributed by atoms with van der Waals surface area (Å²) in [7, 11) is 1.23. The van der Waals surface area contributed by atoms with Gasteiger partial charge in [-0.2, -0.15) is 0 Å². The molecule has 1 unspecified atom stereocenters. The van der Waals surface area contributed by atoms with Gasteiger partial charge in [0.1, 0.15) is 66.8 Å². The average molecular weight is 2330 g/mol. The van der Waals surface area contributed by atoms with Crippen LogP contribution in [-0.4, -0.2) is 113 Å². The summed E-state index contributed by atoms with van der Waals surface area (Å²) >= 11 is 42.8. The van der Waals surface area contributed by atoms with Crippen LogP contribution in [0.2, 0.25) is 20.6 Å². The van der Waals surface area contributed by atoms with Crippen molar-refractivity contribution in [1.29, 1.82) is 0 Å². The Bertz CT molecular complexity index is 5760. The lowest BCUT2D eigenvalue weighted by molar-refractivity contribution is -0.384. The first-order valence-corrected chi connectivity index (χ1v) is 43.6. The first-order valence-electron chi connectivity index (χ1n) is 37.3. The number of nitrogen functional groups attached to an aromatic ring is 2. The van der Waals surface area contributed by atoms with Crippen molar-refractivity contribution in [3.8, 4) is 0 Å². The van der Waals surface area contributed by atoms with Crippen LogP contribution in [0.15, 0.2) is 214 Å². The van der Waals surface area contributed by atoms with E-state index in [1.165, 1.54) is 68.0 Å². The van der Waals surface area contributed by atoms with E-state index in [0.29, 0.717) is 77.7 Å². The molecule has 0 bridgehead atoms. The van der Waals surface area contributed by atoms with Crippen LogP contribution in [0.5, 0.6) is 0 Å². The maximum atomic E-state index is 12.3. The number of nitro groups is 2. The number of aromatic nitrogens is 4. The predicted octanol–water partition coefficient (Wildman–Crippen LogP) is 24.5. The molecule has 12 rings (SSSR count). The molecule has 0 saturated heterocycles. The fourth-order valence-electron chi connectivity index (χ4n) is 10.6.